The van der Waals surface area contributed by atoms with Crippen molar-refractivity contribution in [2.24, 2.45) is 0 Å². The van der Waals surface area contributed by atoms with Crippen LogP contribution in [0.25, 0.3) is 0 Å². The fourth-order valence-corrected chi connectivity index (χ4v) is 5.23. The number of amides is 1. The van der Waals surface area contributed by atoms with Crippen LogP contribution in [0.2, 0.25) is 0 Å². The molecule has 1 aliphatic heterocycles. The smallest absolute Gasteiger partial charge is 0.432 e. The van der Waals surface area contributed by atoms with Crippen LogP contribution >= 0.6 is 0 Å². The lowest BCUT2D eigenvalue weighted by molar-refractivity contribution is 0.000329. The molecule has 4 rings (SSSR count). The number of hydrogen-bond acceptors (Lipinski definition) is 8. The second kappa shape index (κ2) is 9.86. The monoisotopic (exact) mass is 503 g/mol. The van der Waals surface area contributed by atoms with E-state index >= 15 is 0 Å². The normalized spacial score (nSPS) is 15.7. The Labute approximate surface area is 200 Å². The number of carbonyl (C=O) groups excluding carboxylic acids is 1. The van der Waals surface area contributed by atoms with Crippen LogP contribution in [0, 0.1) is 12.7 Å². The largest absolute Gasteiger partial charge is 0.497 e. The van der Waals surface area contributed by atoms with Crippen molar-refractivity contribution in [1.82, 2.24) is 14.8 Å². The Bertz CT molecular complexity index is 1330. The third-order valence-corrected chi connectivity index (χ3v) is 7.37. The molecule has 2 heterocycles. The van der Waals surface area contributed by atoms with E-state index in [-0.39, 0.29) is 29.3 Å². The van der Waals surface area contributed by atoms with Crippen LogP contribution < -0.4 is 15.0 Å². The number of fused-ring (bicyclic) bond motifs is 1. The summed E-state index contributed by atoms with van der Waals surface area (Å²) in [5, 5.41) is 8.91. The van der Waals surface area contributed by atoms with Gasteiger partial charge in [0.2, 0.25) is 15.9 Å². The van der Waals surface area contributed by atoms with Gasteiger partial charge in [-0.3, -0.25) is 5.21 Å². The van der Waals surface area contributed by atoms with E-state index in [0.29, 0.717) is 17.1 Å². The van der Waals surface area contributed by atoms with E-state index in [0.717, 1.165) is 16.1 Å². The second-order valence-corrected chi connectivity index (χ2v) is 9.49. The van der Waals surface area contributed by atoms with E-state index < -0.39 is 28.2 Å². The predicted octanol–water partition coefficient (Wildman–Crippen LogP) is 3.69. The molecule has 184 valence electrons. The maximum absolute atomic E-state index is 14.8. The van der Waals surface area contributed by atoms with Crippen molar-refractivity contribution in [3.05, 3.63) is 77.2 Å². The molecule has 35 heavy (non-hydrogen) atoms. The zero-order chi connectivity index (χ0) is 25.2. The molecule has 0 bridgehead atoms. The van der Waals surface area contributed by atoms with Gasteiger partial charge in [0.15, 0.2) is 6.23 Å². The van der Waals surface area contributed by atoms with Crippen LogP contribution in [0.1, 0.15) is 22.9 Å². The number of aryl methyl sites for hydroxylation is 1. The lowest BCUT2D eigenvalue weighted by atomic mass is 9.94. The van der Waals surface area contributed by atoms with Crippen molar-refractivity contribution in [3.8, 4) is 17.4 Å². The van der Waals surface area contributed by atoms with Crippen molar-refractivity contribution in [2.75, 3.05) is 13.7 Å². The van der Waals surface area contributed by atoms with Gasteiger partial charge in [-0.25, -0.2) is 28.1 Å². The number of sulfonamides is 1. The van der Waals surface area contributed by atoms with Crippen LogP contribution in [0.15, 0.2) is 59.6 Å². The lowest BCUT2D eigenvalue weighted by Gasteiger charge is -2.36. The molecular weight excluding hydrogens is 481 g/mol. The minimum atomic E-state index is -4.29. The first-order valence-corrected chi connectivity index (χ1v) is 11.9. The average molecular weight is 504 g/mol. The highest BCUT2D eigenvalue weighted by molar-refractivity contribution is 7.89. The number of hydroxylamine groups is 1. The molecule has 1 aliphatic rings. The summed E-state index contributed by atoms with van der Waals surface area (Å²) in [7, 11) is -2.75. The molecule has 0 saturated heterocycles. The maximum atomic E-state index is 14.8. The maximum Gasteiger partial charge on any atom is 0.432 e. The van der Waals surface area contributed by atoms with E-state index in [4.69, 9.17) is 19.4 Å². The molecule has 0 saturated carbocycles. The number of nitrogens with one attached hydrogen (secondary N) is 1. The van der Waals surface area contributed by atoms with Gasteiger partial charge >= 0.3 is 6.09 Å². The highest BCUT2D eigenvalue weighted by Gasteiger charge is 2.41. The number of pyridine rings is 1. The number of benzene rings is 2. The van der Waals surface area contributed by atoms with Crippen LogP contribution in [0.5, 0.6) is 17.4 Å². The highest BCUT2D eigenvalue weighted by Crippen LogP contribution is 2.38. The van der Waals surface area contributed by atoms with Crippen LogP contribution in [-0.2, 0) is 21.2 Å². The summed E-state index contributed by atoms with van der Waals surface area (Å²) in [5.74, 6) is 0.527. The average Bonchev–Trinajstić information content (AvgIpc) is 2.86. The van der Waals surface area contributed by atoms with Gasteiger partial charge in [-0.05, 0) is 60.9 Å². The van der Waals surface area contributed by atoms with Crippen molar-refractivity contribution < 1.29 is 37.0 Å². The van der Waals surface area contributed by atoms with Crippen molar-refractivity contribution in [2.45, 2.75) is 24.5 Å². The number of carbonyl (C=O) groups is 1. The summed E-state index contributed by atoms with van der Waals surface area (Å²) >= 11 is 0. The van der Waals surface area contributed by atoms with Crippen molar-refractivity contribution >= 4 is 16.1 Å². The van der Waals surface area contributed by atoms with Gasteiger partial charge in [0, 0.05) is 18.2 Å². The van der Waals surface area contributed by atoms with E-state index in [2.05, 4.69) is 4.98 Å². The Kier molecular flexibility index (Phi) is 6.87. The summed E-state index contributed by atoms with van der Waals surface area (Å²) in [4.78, 5) is 15.6. The third kappa shape index (κ3) is 4.90. The number of methoxy groups -OCH3 is 1. The van der Waals surface area contributed by atoms with E-state index in [1.807, 2.05) is 0 Å². The first-order chi connectivity index (χ1) is 16.7. The van der Waals surface area contributed by atoms with Gasteiger partial charge in [0.25, 0.3) is 0 Å². The number of nitrogens with zero attached hydrogens (tertiary/aromatic N) is 2. The highest BCUT2D eigenvalue weighted by atomic mass is 32.2. The van der Waals surface area contributed by atoms with E-state index in [9.17, 15) is 17.6 Å². The number of halogens is 1. The fourth-order valence-electron chi connectivity index (χ4n) is 3.80. The topological polar surface area (TPSA) is 127 Å². The fraction of sp³-hybridized carbons (Fsp3) is 0.217. The van der Waals surface area contributed by atoms with Crippen molar-refractivity contribution in [1.29, 1.82) is 0 Å². The Morgan fingerprint density at radius 3 is 2.49 bits per heavy atom. The molecule has 1 atom stereocenters. The first kappa shape index (κ1) is 24.4. The number of aromatic nitrogens is 1. The van der Waals surface area contributed by atoms with Gasteiger partial charge in [0.1, 0.15) is 22.2 Å². The van der Waals surface area contributed by atoms with Crippen LogP contribution in [0.4, 0.5) is 9.18 Å². The molecule has 1 aromatic heterocycles. The lowest BCUT2D eigenvalue weighted by Crippen LogP contribution is -2.43. The second-order valence-electron chi connectivity index (χ2n) is 7.60. The van der Waals surface area contributed by atoms with Crippen molar-refractivity contribution in [3.63, 3.8) is 0 Å². The van der Waals surface area contributed by atoms with Gasteiger partial charge in [0.05, 0.1) is 13.3 Å². The van der Waals surface area contributed by atoms with Gasteiger partial charge in [-0.15, -0.1) is 0 Å². The summed E-state index contributed by atoms with van der Waals surface area (Å²) in [6, 6.07) is 12.1. The standard InChI is InChI=1S/C23H22FN3O7S/c1-14-3-9-19(24)21-18(14)11-12-27(22(21)34-23(28)26-29)35(30,31)17-8-10-20(25-13-17)33-16-6-4-15(32-2)5-7-16/h3-10,13,22,29H,11-12H2,1-2H3,(H,26,28). The molecule has 1 amide bonds. The minimum absolute atomic E-state index is 0.0872. The quantitative estimate of drug-likeness (QED) is 0.385. The minimum Gasteiger partial charge on any atom is -0.497 e. The molecule has 2 aromatic carbocycles. The zero-order valence-electron chi connectivity index (χ0n) is 18.8. The predicted molar refractivity (Wildman–Crippen MR) is 120 cm³/mol. The molecule has 0 aliphatic carbocycles. The number of ether oxygens (including phenoxy) is 3. The molecule has 0 radical (unpaired) electrons. The molecule has 10 nitrogen and oxygen atoms in total. The SMILES string of the molecule is COc1ccc(Oc2ccc(S(=O)(=O)N3CCc4c(C)ccc(F)c4C3OC(=O)NO)cn2)cc1. The first-order valence-electron chi connectivity index (χ1n) is 10.4. The zero-order valence-corrected chi connectivity index (χ0v) is 19.6. The molecule has 0 fully saturated rings. The Morgan fingerprint density at radius 1 is 1.14 bits per heavy atom. The summed E-state index contributed by atoms with van der Waals surface area (Å²) < 4.78 is 58.4. The summed E-state index contributed by atoms with van der Waals surface area (Å²) in [6.07, 6.45) is -1.67. The molecule has 3 aromatic rings. The molecular formula is C23H22FN3O7S. The molecule has 1 unspecified atom stereocenters. The van der Waals surface area contributed by atoms with Crippen LogP contribution in [-0.4, -0.2) is 42.7 Å². The van der Waals surface area contributed by atoms with E-state index in [1.165, 1.54) is 23.7 Å². The molecule has 12 heteroatoms. The number of rotatable bonds is 6. The Morgan fingerprint density at radius 2 is 1.86 bits per heavy atom. The van der Waals surface area contributed by atoms with E-state index in [1.54, 1.807) is 44.4 Å². The van der Waals surface area contributed by atoms with Gasteiger partial charge in [-0.2, -0.15) is 4.31 Å². The summed E-state index contributed by atoms with van der Waals surface area (Å²) in [5.41, 5.74) is 2.45. The van der Waals surface area contributed by atoms with Crippen LogP contribution in [0.3, 0.4) is 0 Å². The number of hydrogen-bond donors (Lipinski definition) is 2. The third-order valence-electron chi connectivity index (χ3n) is 5.54. The Balaban J connectivity index is 1.64. The molecule has 2 N–H and O–H groups in total. The Hall–Kier alpha value is -3.74. The van der Waals surface area contributed by atoms with Gasteiger partial charge < -0.3 is 14.2 Å². The molecule has 0 spiro atoms. The summed E-state index contributed by atoms with van der Waals surface area (Å²) in [6.45, 7) is 1.66. The van der Waals surface area contributed by atoms with Gasteiger partial charge in [-0.1, -0.05) is 6.07 Å².